The van der Waals surface area contributed by atoms with Crippen LogP contribution in [0.1, 0.15) is 39.0 Å². The van der Waals surface area contributed by atoms with E-state index in [1.165, 1.54) is 17.1 Å². The zero-order valence-corrected chi connectivity index (χ0v) is 12.3. The maximum atomic E-state index is 11.0. The maximum Gasteiger partial charge on any atom is 0.347 e. The molecule has 94 valence electrons. The van der Waals surface area contributed by atoms with E-state index in [4.69, 9.17) is 5.11 Å². The van der Waals surface area contributed by atoms with Crippen molar-refractivity contribution in [2.24, 2.45) is 0 Å². The van der Waals surface area contributed by atoms with E-state index in [9.17, 15) is 4.79 Å². The van der Waals surface area contributed by atoms with Crippen molar-refractivity contribution in [2.45, 2.75) is 30.8 Å². The molecule has 0 amide bonds. The molecule has 3 nitrogen and oxygen atoms in total. The third kappa shape index (κ3) is 2.80. The molecule has 0 radical (unpaired) electrons. The molecule has 6 heteroatoms. The molecule has 1 aromatic heterocycles. The molecule has 0 saturated carbocycles. The monoisotopic (exact) mass is 289 g/mol. The summed E-state index contributed by atoms with van der Waals surface area (Å²) in [4.78, 5) is 15.9. The van der Waals surface area contributed by atoms with Gasteiger partial charge in [0.05, 0.1) is 10.9 Å². The van der Waals surface area contributed by atoms with E-state index in [2.05, 4.69) is 11.9 Å². The Hall–Kier alpha value is -0.200. The lowest BCUT2D eigenvalue weighted by Crippen LogP contribution is -2.18. The summed E-state index contributed by atoms with van der Waals surface area (Å²) in [7, 11) is 0. The molecule has 1 fully saturated rings. The molecule has 2 atom stereocenters. The second-order valence-electron chi connectivity index (χ2n) is 3.88. The highest BCUT2D eigenvalue weighted by Gasteiger charge is 2.30. The minimum atomic E-state index is -0.854. The van der Waals surface area contributed by atoms with E-state index in [0.29, 0.717) is 21.1 Å². The Labute approximate surface area is 113 Å². The molecule has 1 aromatic rings. The number of aromatic carboxylic acids is 1. The lowest BCUT2D eigenvalue weighted by atomic mass is 10.2. The fraction of sp³-hybridized carbons (Fsp3) is 0.636. The molecule has 0 bridgehead atoms. The number of aryl methyl sites for hydroxylation is 1. The highest BCUT2D eigenvalue weighted by atomic mass is 32.2. The van der Waals surface area contributed by atoms with Crippen LogP contribution in [0.5, 0.6) is 0 Å². The number of thiazole rings is 1. The third-order valence-corrected chi connectivity index (χ3v) is 7.34. The van der Waals surface area contributed by atoms with Crippen LogP contribution in [0, 0.1) is 6.92 Å². The summed E-state index contributed by atoms with van der Waals surface area (Å²) in [5.41, 5.74) is 0.656. The van der Waals surface area contributed by atoms with Crippen LogP contribution in [0.15, 0.2) is 0 Å². The van der Waals surface area contributed by atoms with Crippen LogP contribution >= 0.6 is 34.9 Å². The van der Waals surface area contributed by atoms with Gasteiger partial charge in [-0.25, -0.2) is 9.78 Å². The van der Waals surface area contributed by atoms with Crippen LogP contribution in [-0.4, -0.2) is 32.8 Å². The van der Waals surface area contributed by atoms with Crippen molar-refractivity contribution < 1.29 is 9.90 Å². The normalized spacial score (nSPS) is 24.8. The first-order valence-electron chi connectivity index (χ1n) is 5.57. The Kier molecular flexibility index (Phi) is 4.38. The molecule has 2 heterocycles. The molecule has 17 heavy (non-hydrogen) atoms. The van der Waals surface area contributed by atoms with Gasteiger partial charge in [-0.3, -0.25) is 0 Å². The minimum absolute atomic E-state index is 0.371. The highest BCUT2D eigenvalue weighted by Crippen LogP contribution is 2.45. The molecule has 0 aromatic carbocycles. The quantitative estimate of drug-likeness (QED) is 0.923. The molecule has 1 aliphatic rings. The van der Waals surface area contributed by atoms with E-state index < -0.39 is 5.97 Å². The zero-order chi connectivity index (χ0) is 12.4. The van der Waals surface area contributed by atoms with Crippen LogP contribution in [-0.2, 0) is 0 Å². The first-order chi connectivity index (χ1) is 8.13. The van der Waals surface area contributed by atoms with Crippen molar-refractivity contribution in [3.8, 4) is 0 Å². The fourth-order valence-electron chi connectivity index (χ4n) is 1.87. The summed E-state index contributed by atoms with van der Waals surface area (Å²) in [5.74, 6) is 1.47. The number of rotatable bonds is 3. The zero-order valence-electron chi connectivity index (χ0n) is 9.80. The topological polar surface area (TPSA) is 50.2 Å². The number of carboxylic acids is 1. The SMILES string of the molecule is CCC1SCCSC1c1nc(C)c(C(=O)O)s1. The first-order valence-corrected chi connectivity index (χ1v) is 8.48. The largest absolute Gasteiger partial charge is 0.477 e. The van der Waals surface area contributed by atoms with Gasteiger partial charge in [0, 0.05) is 16.8 Å². The van der Waals surface area contributed by atoms with Crippen LogP contribution in [0.2, 0.25) is 0 Å². The van der Waals surface area contributed by atoms with Gasteiger partial charge in [0.15, 0.2) is 0 Å². The van der Waals surface area contributed by atoms with Crippen LogP contribution in [0.25, 0.3) is 0 Å². The van der Waals surface area contributed by atoms with Crippen molar-refractivity contribution in [1.29, 1.82) is 0 Å². The van der Waals surface area contributed by atoms with Crippen molar-refractivity contribution in [2.75, 3.05) is 11.5 Å². The van der Waals surface area contributed by atoms with Gasteiger partial charge in [0.2, 0.25) is 0 Å². The van der Waals surface area contributed by atoms with E-state index in [0.717, 1.165) is 17.2 Å². The van der Waals surface area contributed by atoms with E-state index in [1.807, 2.05) is 23.5 Å². The number of hydrogen-bond acceptors (Lipinski definition) is 5. The second kappa shape index (κ2) is 5.63. The van der Waals surface area contributed by atoms with Gasteiger partial charge in [-0.15, -0.1) is 23.1 Å². The highest BCUT2D eigenvalue weighted by molar-refractivity contribution is 8.06. The predicted molar refractivity (Wildman–Crippen MR) is 75.5 cm³/mol. The number of thioether (sulfide) groups is 2. The summed E-state index contributed by atoms with van der Waals surface area (Å²) < 4.78 is 0. The van der Waals surface area contributed by atoms with E-state index in [-0.39, 0.29) is 0 Å². The Balaban J connectivity index is 2.26. The standard InChI is InChI=1S/C11H15NO2S3/c1-3-7-9(16-5-4-15-7)10-12-6(2)8(17-10)11(13)14/h7,9H,3-5H2,1-2H3,(H,13,14). The van der Waals surface area contributed by atoms with E-state index >= 15 is 0 Å². The molecular formula is C11H15NO2S3. The number of hydrogen-bond donors (Lipinski definition) is 1. The van der Waals surface area contributed by atoms with Crippen LogP contribution in [0.4, 0.5) is 0 Å². The minimum Gasteiger partial charge on any atom is -0.477 e. The van der Waals surface area contributed by atoms with Gasteiger partial charge in [0.25, 0.3) is 0 Å². The number of aromatic nitrogens is 1. The van der Waals surface area contributed by atoms with Crippen LogP contribution in [0.3, 0.4) is 0 Å². The van der Waals surface area contributed by atoms with Crippen molar-refractivity contribution in [3.63, 3.8) is 0 Å². The smallest absolute Gasteiger partial charge is 0.347 e. The fourth-order valence-corrected chi connectivity index (χ4v) is 6.20. The van der Waals surface area contributed by atoms with Gasteiger partial charge >= 0.3 is 5.97 Å². The van der Waals surface area contributed by atoms with Gasteiger partial charge in [-0.2, -0.15) is 11.8 Å². The molecular weight excluding hydrogens is 274 g/mol. The Bertz CT molecular complexity index is 419. The third-order valence-electron chi connectivity index (χ3n) is 2.70. The van der Waals surface area contributed by atoms with Crippen molar-refractivity contribution >= 4 is 40.8 Å². The molecule has 0 aliphatic carbocycles. The van der Waals surface area contributed by atoms with E-state index in [1.54, 1.807) is 6.92 Å². The summed E-state index contributed by atoms with van der Waals surface area (Å²) >= 11 is 5.25. The van der Waals surface area contributed by atoms with Crippen molar-refractivity contribution in [3.05, 3.63) is 15.6 Å². The van der Waals surface area contributed by atoms with Gasteiger partial charge in [-0.1, -0.05) is 6.92 Å². The lowest BCUT2D eigenvalue weighted by Gasteiger charge is -2.28. The number of carbonyl (C=O) groups is 1. The Morgan fingerprint density at radius 1 is 1.47 bits per heavy atom. The summed E-state index contributed by atoms with van der Waals surface area (Å²) in [6, 6.07) is 0. The number of carboxylic acid groups (broad SMARTS) is 1. The molecule has 2 unspecified atom stereocenters. The Morgan fingerprint density at radius 3 is 2.76 bits per heavy atom. The lowest BCUT2D eigenvalue weighted by molar-refractivity contribution is 0.0701. The van der Waals surface area contributed by atoms with Gasteiger partial charge in [-0.05, 0) is 13.3 Å². The summed E-state index contributed by atoms with van der Waals surface area (Å²) in [6.07, 6.45) is 1.11. The molecule has 2 rings (SSSR count). The molecule has 1 saturated heterocycles. The second-order valence-corrected chi connectivity index (χ2v) is 7.51. The average Bonchev–Trinajstić information content (AvgIpc) is 2.71. The van der Waals surface area contributed by atoms with Gasteiger partial charge < -0.3 is 5.11 Å². The maximum absolute atomic E-state index is 11.0. The van der Waals surface area contributed by atoms with Crippen LogP contribution < -0.4 is 0 Å². The average molecular weight is 289 g/mol. The summed E-state index contributed by atoms with van der Waals surface area (Å²) in [6.45, 7) is 3.97. The molecule has 1 aliphatic heterocycles. The predicted octanol–water partition coefficient (Wildman–Crippen LogP) is 3.45. The Morgan fingerprint density at radius 2 is 2.18 bits per heavy atom. The van der Waals surface area contributed by atoms with Crippen molar-refractivity contribution in [1.82, 2.24) is 4.98 Å². The number of nitrogens with zero attached hydrogens (tertiary/aromatic N) is 1. The summed E-state index contributed by atoms with van der Waals surface area (Å²) in [5, 5.41) is 11.0. The molecule has 1 N–H and O–H groups in total. The first kappa shape index (κ1) is 13.2. The molecule has 0 spiro atoms. The van der Waals surface area contributed by atoms with Gasteiger partial charge in [0.1, 0.15) is 9.88 Å².